The number of benzene rings is 3. The molecule has 0 spiro atoms. The van der Waals surface area contributed by atoms with Crippen LogP contribution in [0.5, 0.6) is 0 Å². The maximum Gasteiger partial charge on any atom is 0.415 e. The predicted molar refractivity (Wildman–Crippen MR) is 119 cm³/mol. The molecule has 4 rings (SSSR count). The van der Waals surface area contributed by atoms with Crippen molar-refractivity contribution in [1.29, 1.82) is 0 Å². The summed E-state index contributed by atoms with van der Waals surface area (Å²) in [4.78, 5) is 18.1. The molecule has 0 aromatic heterocycles. The molecule has 0 radical (unpaired) electrons. The van der Waals surface area contributed by atoms with Crippen molar-refractivity contribution in [2.24, 2.45) is 4.99 Å². The lowest BCUT2D eigenvalue weighted by molar-refractivity contribution is 0.179. The van der Waals surface area contributed by atoms with Crippen LogP contribution in [0, 0.1) is 0 Å². The Labute approximate surface area is 174 Å². The van der Waals surface area contributed by atoms with Gasteiger partial charge in [-0.05, 0) is 53.7 Å². The van der Waals surface area contributed by atoms with E-state index >= 15 is 0 Å². The van der Waals surface area contributed by atoms with Gasteiger partial charge >= 0.3 is 6.09 Å². The fourth-order valence-corrected chi connectivity index (χ4v) is 3.72. The van der Waals surface area contributed by atoms with E-state index < -0.39 is 0 Å². The average molecular weight is 406 g/mol. The number of ether oxygens (including phenoxy) is 1. The molecule has 0 aliphatic carbocycles. The lowest BCUT2D eigenvalue weighted by atomic mass is 10.0. The van der Waals surface area contributed by atoms with Crippen LogP contribution in [0.1, 0.15) is 11.6 Å². The van der Waals surface area contributed by atoms with Crippen molar-refractivity contribution in [3.05, 3.63) is 77.3 Å². The molecule has 0 saturated carbocycles. The fraction of sp³-hybridized carbons (Fsp3) is 0.130. The smallest absolute Gasteiger partial charge is 0.415 e. The first-order valence-corrected chi connectivity index (χ1v) is 9.59. The summed E-state index contributed by atoms with van der Waals surface area (Å²) in [5.74, 6) is 0. The van der Waals surface area contributed by atoms with Gasteiger partial charge < -0.3 is 10.1 Å². The van der Waals surface area contributed by atoms with Crippen LogP contribution in [0.2, 0.25) is 5.02 Å². The summed E-state index contributed by atoms with van der Waals surface area (Å²) in [7, 11) is 1.81. The van der Waals surface area contributed by atoms with E-state index in [1.807, 2.05) is 73.8 Å². The van der Waals surface area contributed by atoms with E-state index in [2.05, 4.69) is 17.0 Å². The number of amides is 1. The molecule has 1 aliphatic rings. The Hall–Kier alpha value is -3.31. The fourth-order valence-electron chi connectivity index (χ4n) is 3.53. The van der Waals surface area contributed by atoms with Gasteiger partial charge in [0.25, 0.3) is 0 Å². The van der Waals surface area contributed by atoms with Gasteiger partial charge in [-0.15, -0.1) is 0 Å². The number of cyclic esters (lactones) is 1. The second-order valence-electron chi connectivity index (χ2n) is 6.70. The van der Waals surface area contributed by atoms with E-state index in [1.54, 1.807) is 4.90 Å². The molecule has 0 unspecified atom stereocenters. The first-order valence-electron chi connectivity index (χ1n) is 9.21. The van der Waals surface area contributed by atoms with Crippen molar-refractivity contribution in [3.63, 3.8) is 0 Å². The molecule has 5 nitrogen and oxygen atoms in total. The van der Waals surface area contributed by atoms with Gasteiger partial charge in [-0.25, -0.2) is 4.79 Å². The number of carbonyl (C=O) groups excluding carboxylic acids is 1. The second kappa shape index (κ2) is 7.97. The summed E-state index contributed by atoms with van der Waals surface area (Å²) in [6.45, 7) is 3.88. The zero-order chi connectivity index (χ0) is 20.4. The van der Waals surface area contributed by atoms with Crippen molar-refractivity contribution >= 4 is 41.5 Å². The lowest BCUT2D eigenvalue weighted by Gasteiger charge is -2.23. The highest BCUT2D eigenvalue weighted by molar-refractivity contribution is 6.30. The Morgan fingerprint density at radius 1 is 1.10 bits per heavy atom. The van der Waals surface area contributed by atoms with E-state index in [9.17, 15) is 4.79 Å². The molecule has 29 heavy (non-hydrogen) atoms. The molecule has 1 fully saturated rings. The third kappa shape index (κ3) is 3.69. The minimum Gasteiger partial charge on any atom is -0.447 e. The Balaban J connectivity index is 1.65. The van der Waals surface area contributed by atoms with E-state index in [0.717, 1.165) is 33.8 Å². The van der Waals surface area contributed by atoms with E-state index in [0.29, 0.717) is 11.6 Å². The number of rotatable bonds is 5. The summed E-state index contributed by atoms with van der Waals surface area (Å²) >= 11 is 6.10. The molecule has 1 amide bonds. The van der Waals surface area contributed by atoms with Gasteiger partial charge in [0.15, 0.2) is 0 Å². The molecule has 0 bridgehead atoms. The van der Waals surface area contributed by atoms with E-state index in [1.165, 1.54) is 0 Å². The summed E-state index contributed by atoms with van der Waals surface area (Å²) in [5, 5.41) is 3.79. The predicted octanol–water partition coefficient (Wildman–Crippen LogP) is 6.08. The van der Waals surface area contributed by atoms with Gasteiger partial charge in [-0.1, -0.05) is 48.0 Å². The first-order chi connectivity index (χ1) is 14.1. The molecular weight excluding hydrogens is 386 g/mol. The third-order valence-electron chi connectivity index (χ3n) is 5.02. The summed E-state index contributed by atoms with van der Waals surface area (Å²) < 4.78 is 5.36. The Kier molecular flexibility index (Phi) is 5.23. The van der Waals surface area contributed by atoms with Crippen molar-refractivity contribution < 1.29 is 9.53 Å². The molecular formula is C23H20ClN3O2. The number of carbonyl (C=O) groups is 1. The molecule has 1 saturated heterocycles. The number of nitrogens with zero attached hydrogens (tertiary/aromatic N) is 2. The first kappa shape index (κ1) is 19.0. The monoisotopic (exact) mass is 405 g/mol. The average Bonchev–Trinajstić information content (AvgIpc) is 3.14. The Bertz CT molecular complexity index is 1070. The Morgan fingerprint density at radius 2 is 1.90 bits per heavy atom. The maximum absolute atomic E-state index is 12.5. The number of halogens is 1. The molecule has 1 heterocycles. The number of hydrogen-bond donors (Lipinski definition) is 1. The van der Waals surface area contributed by atoms with Crippen LogP contribution in [0.3, 0.4) is 0 Å². The van der Waals surface area contributed by atoms with Crippen LogP contribution in [0.15, 0.2) is 71.7 Å². The quantitative estimate of drug-likeness (QED) is 0.523. The Morgan fingerprint density at radius 3 is 2.59 bits per heavy atom. The van der Waals surface area contributed by atoms with Gasteiger partial charge in [0.2, 0.25) is 0 Å². The highest BCUT2D eigenvalue weighted by Gasteiger charge is 2.35. The minimum absolute atomic E-state index is 0.205. The largest absolute Gasteiger partial charge is 0.447 e. The number of aliphatic imine (C=N–C) groups is 1. The van der Waals surface area contributed by atoms with Crippen LogP contribution in [-0.2, 0) is 4.74 Å². The van der Waals surface area contributed by atoms with Crippen molar-refractivity contribution in [2.75, 3.05) is 23.9 Å². The van der Waals surface area contributed by atoms with Crippen LogP contribution in [0.25, 0.3) is 11.1 Å². The van der Waals surface area contributed by atoms with Crippen LogP contribution < -0.4 is 10.2 Å². The van der Waals surface area contributed by atoms with Gasteiger partial charge in [-0.3, -0.25) is 9.89 Å². The molecule has 146 valence electrons. The van der Waals surface area contributed by atoms with Crippen LogP contribution in [-0.4, -0.2) is 26.5 Å². The number of nitrogens with one attached hydrogen (secondary N) is 1. The van der Waals surface area contributed by atoms with Crippen molar-refractivity contribution in [3.8, 4) is 11.1 Å². The third-order valence-corrected chi connectivity index (χ3v) is 5.26. The molecule has 3 aromatic rings. The SMILES string of the molecule is C=Nc1ccc(N2C(=O)OC[C@@H]2c2ccc(-c3cccc(Cl)c3)cc2)cc1NC. The molecule has 1 aliphatic heterocycles. The zero-order valence-corrected chi connectivity index (χ0v) is 16.7. The van der Waals surface area contributed by atoms with E-state index in [4.69, 9.17) is 16.3 Å². The summed E-state index contributed by atoms with van der Waals surface area (Å²) in [5.41, 5.74) is 5.38. The summed E-state index contributed by atoms with van der Waals surface area (Å²) in [6.07, 6.45) is -0.365. The van der Waals surface area contributed by atoms with Gasteiger partial charge in [0, 0.05) is 12.1 Å². The molecule has 1 atom stereocenters. The van der Waals surface area contributed by atoms with Crippen molar-refractivity contribution in [1.82, 2.24) is 0 Å². The highest BCUT2D eigenvalue weighted by atomic mass is 35.5. The van der Waals surface area contributed by atoms with Gasteiger partial charge in [-0.2, -0.15) is 0 Å². The highest BCUT2D eigenvalue weighted by Crippen LogP contribution is 2.37. The zero-order valence-electron chi connectivity index (χ0n) is 15.9. The van der Waals surface area contributed by atoms with Gasteiger partial charge in [0.1, 0.15) is 6.61 Å². The molecule has 6 heteroatoms. The number of anilines is 2. The summed E-state index contributed by atoms with van der Waals surface area (Å²) in [6, 6.07) is 21.2. The molecule has 3 aromatic carbocycles. The van der Waals surface area contributed by atoms with Crippen LogP contribution >= 0.6 is 11.6 Å². The van der Waals surface area contributed by atoms with Crippen LogP contribution in [0.4, 0.5) is 21.9 Å². The van der Waals surface area contributed by atoms with Gasteiger partial charge in [0.05, 0.1) is 23.1 Å². The maximum atomic E-state index is 12.5. The normalized spacial score (nSPS) is 15.9. The lowest BCUT2D eigenvalue weighted by Crippen LogP contribution is -2.27. The standard InChI is InChI=1S/C23H20ClN3O2/c1-25-20-11-10-19(13-21(20)26-2)27-22(14-29-23(27)28)16-8-6-15(7-9-16)17-4-3-5-18(24)12-17/h3-13,22,26H,1,14H2,2H3/t22-/m1/s1. The minimum atomic E-state index is -0.365. The topological polar surface area (TPSA) is 53.9 Å². The second-order valence-corrected chi connectivity index (χ2v) is 7.14. The van der Waals surface area contributed by atoms with Crippen molar-refractivity contribution in [2.45, 2.75) is 6.04 Å². The molecule has 1 N–H and O–H groups in total. The number of hydrogen-bond acceptors (Lipinski definition) is 4. The van der Waals surface area contributed by atoms with E-state index in [-0.39, 0.29) is 12.1 Å².